The molecule has 0 bridgehead atoms. The summed E-state index contributed by atoms with van der Waals surface area (Å²) >= 11 is 4.88. The van der Waals surface area contributed by atoms with E-state index in [0.717, 1.165) is 13.1 Å². The van der Waals surface area contributed by atoms with Crippen LogP contribution in [0.1, 0.15) is 25.3 Å². The number of nitrogens with zero attached hydrogens (tertiary/aromatic N) is 1. The minimum absolute atomic E-state index is 0.192. The Morgan fingerprint density at radius 3 is 2.71 bits per heavy atom. The number of nitrogens with one attached hydrogen (secondary N) is 1. The van der Waals surface area contributed by atoms with Crippen molar-refractivity contribution >= 4 is 27.2 Å². The van der Waals surface area contributed by atoms with Crippen molar-refractivity contribution in [3.05, 3.63) is 29.8 Å². The first kappa shape index (κ1) is 16.4. The molecule has 1 unspecified atom stereocenters. The van der Waals surface area contributed by atoms with E-state index in [2.05, 4.69) is 9.62 Å². The molecule has 1 saturated heterocycles. The molecule has 1 aliphatic heterocycles. The van der Waals surface area contributed by atoms with Crippen molar-refractivity contribution in [1.29, 1.82) is 0 Å². The van der Waals surface area contributed by atoms with Crippen LogP contribution in [-0.4, -0.2) is 44.0 Å². The molecular formula is C14H21N3O2S2. The van der Waals surface area contributed by atoms with Crippen LogP contribution in [0, 0.1) is 0 Å². The lowest BCUT2D eigenvalue weighted by Gasteiger charge is -2.23. The van der Waals surface area contributed by atoms with Gasteiger partial charge in [0.1, 0.15) is 4.99 Å². The van der Waals surface area contributed by atoms with Gasteiger partial charge in [-0.25, -0.2) is 13.1 Å². The van der Waals surface area contributed by atoms with Gasteiger partial charge >= 0.3 is 0 Å². The maximum Gasteiger partial charge on any atom is 0.240 e. The van der Waals surface area contributed by atoms with E-state index in [1.165, 1.54) is 18.9 Å². The van der Waals surface area contributed by atoms with E-state index in [-0.39, 0.29) is 15.9 Å². The molecule has 21 heavy (non-hydrogen) atoms. The van der Waals surface area contributed by atoms with E-state index in [9.17, 15) is 8.42 Å². The van der Waals surface area contributed by atoms with E-state index in [4.69, 9.17) is 18.0 Å². The molecule has 7 heteroatoms. The fraction of sp³-hybridized carbons (Fsp3) is 0.500. The standard InChI is InChI=1S/C14H21N3O2S2/c1-11(17-7-2-3-8-17)10-16-21(18,19)13-6-4-5-12(9-13)14(15)20/h4-6,9,11,16H,2-3,7-8,10H2,1H3,(H2,15,20). The molecule has 0 radical (unpaired) electrons. The molecule has 1 aliphatic rings. The lowest BCUT2D eigenvalue weighted by Crippen LogP contribution is -2.40. The average molecular weight is 327 g/mol. The number of thiocarbonyl (C=S) groups is 1. The topological polar surface area (TPSA) is 75.4 Å². The van der Waals surface area contributed by atoms with Gasteiger partial charge in [-0.2, -0.15) is 0 Å². The third-order valence-electron chi connectivity index (χ3n) is 3.76. The third-order valence-corrected chi connectivity index (χ3v) is 5.42. The number of rotatable bonds is 6. The SMILES string of the molecule is CC(CNS(=O)(=O)c1cccc(C(N)=S)c1)N1CCCC1. The molecule has 1 heterocycles. The molecule has 0 aliphatic carbocycles. The van der Waals surface area contributed by atoms with Gasteiger partial charge in [0.2, 0.25) is 10.0 Å². The second kappa shape index (κ2) is 6.83. The van der Waals surface area contributed by atoms with Crippen molar-refractivity contribution in [1.82, 2.24) is 9.62 Å². The van der Waals surface area contributed by atoms with Gasteiger partial charge in [-0.05, 0) is 45.0 Å². The molecule has 116 valence electrons. The lowest BCUT2D eigenvalue weighted by molar-refractivity contribution is 0.260. The molecule has 1 aromatic rings. The first-order chi connectivity index (χ1) is 9.90. The maximum atomic E-state index is 12.3. The fourth-order valence-electron chi connectivity index (χ4n) is 2.44. The number of likely N-dealkylation sites (tertiary alicyclic amines) is 1. The molecular weight excluding hydrogens is 306 g/mol. The minimum atomic E-state index is -3.53. The first-order valence-corrected chi connectivity index (χ1v) is 8.93. The third kappa shape index (κ3) is 4.23. The van der Waals surface area contributed by atoms with E-state index < -0.39 is 10.0 Å². The van der Waals surface area contributed by atoms with Gasteiger partial charge in [0.15, 0.2) is 0 Å². The summed E-state index contributed by atoms with van der Waals surface area (Å²) in [6.07, 6.45) is 2.38. The van der Waals surface area contributed by atoms with Crippen molar-refractivity contribution in [3.8, 4) is 0 Å². The molecule has 1 aromatic carbocycles. The van der Waals surface area contributed by atoms with Crippen LogP contribution < -0.4 is 10.5 Å². The highest BCUT2D eigenvalue weighted by Gasteiger charge is 2.21. The van der Waals surface area contributed by atoms with Gasteiger partial charge < -0.3 is 5.73 Å². The van der Waals surface area contributed by atoms with Crippen molar-refractivity contribution in [2.45, 2.75) is 30.7 Å². The summed E-state index contributed by atoms with van der Waals surface area (Å²) in [6.45, 7) is 4.53. The van der Waals surface area contributed by atoms with E-state index in [0.29, 0.717) is 12.1 Å². The molecule has 0 amide bonds. The Labute approximate surface area is 131 Å². The highest BCUT2D eigenvalue weighted by molar-refractivity contribution is 7.89. The van der Waals surface area contributed by atoms with Crippen LogP contribution in [-0.2, 0) is 10.0 Å². The number of nitrogens with two attached hydrogens (primary N) is 1. The van der Waals surface area contributed by atoms with Crippen LogP contribution in [0.3, 0.4) is 0 Å². The van der Waals surface area contributed by atoms with Crippen LogP contribution >= 0.6 is 12.2 Å². The normalized spacial score (nSPS) is 17.8. The summed E-state index contributed by atoms with van der Waals surface area (Å²) in [5.41, 5.74) is 6.10. The summed E-state index contributed by atoms with van der Waals surface area (Å²) in [6, 6.07) is 6.60. The molecule has 1 fully saturated rings. The minimum Gasteiger partial charge on any atom is -0.389 e. The maximum absolute atomic E-state index is 12.3. The van der Waals surface area contributed by atoms with Crippen molar-refractivity contribution in [2.75, 3.05) is 19.6 Å². The van der Waals surface area contributed by atoms with Crippen LogP contribution in [0.4, 0.5) is 0 Å². The Bertz CT molecular complexity index is 610. The van der Waals surface area contributed by atoms with Crippen molar-refractivity contribution < 1.29 is 8.42 Å². The number of benzene rings is 1. The zero-order valence-electron chi connectivity index (χ0n) is 12.1. The quantitative estimate of drug-likeness (QED) is 0.765. The van der Waals surface area contributed by atoms with Gasteiger partial charge in [-0.1, -0.05) is 24.4 Å². The Morgan fingerprint density at radius 2 is 2.10 bits per heavy atom. The summed E-state index contributed by atoms with van der Waals surface area (Å²) in [4.78, 5) is 2.69. The van der Waals surface area contributed by atoms with Crippen LogP contribution in [0.5, 0.6) is 0 Å². The number of hydrogen-bond donors (Lipinski definition) is 2. The second-order valence-corrected chi connectivity index (χ2v) is 7.54. The molecule has 5 nitrogen and oxygen atoms in total. The fourth-order valence-corrected chi connectivity index (χ4v) is 3.74. The molecule has 2 rings (SSSR count). The van der Waals surface area contributed by atoms with Gasteiger partial charge in [-0.15, -0.1) is 0 Å². The van der Waals surface area contributed by atoms with Crippen molar-refractivity contribution in [2.24, 2.45) is 5.73 Å². The predicted molar refractivity (Wildman–Crippen MR) is 87.8 cm³/mol. The van der Waals surface area contributed by atoms with Gasteiger partial charge in [0.25, 0.3) is 0 Å². The second-order valence-electron chi connectivity index (χ2n) is 5.34. The number of hydrogen-bond acceptors (Lipinski definition) is 4. The summed E-state index contributed by atoms with van der Waals surface area (Å²) < 4.78 is 27.3. The summed E-state index contributed by atoms with van der Waals surface area (Å²) in [7, 11) is -3.53. The largest absolute Gasteiger partial charge is 0.389 e. The Balaban J connectivity index is 2.04. The molecule has 0 spiro atoms. The van der Waals surface area contributed by atoms with E-state index >= 15 is 0 Å². The van der Waals surface area contributed by atoms with Gasteiger partial charge in [0.05, 0.1) is 4.90 Å². The van der Waals surface area contributed by atoms with Gasteiger partial charge in [-0.3, -0.25) is 4.90 Å². The molecule has 0 aromatic heterocycles. The highest BCUT2D eigenvalue weighted by Crippen LogP contribution is 2.14. The Hall–Kier alpha value is -1.02. The Morgan fingerprint density at radius 1 is 1.43 bits per heavy atom. The summed E-state index contributed by atoms with van der Waals surface area (Å²) in [5, 5.41) is 0. The van der Waals surface area contributed by atoms with Crippen LogP contribution in [0.25, 0.3) is 0 Å². The predicted octanol–water partition coefficient (Wildman–Crippen LogP) is 1.08. The van der Waals surface area contributed by atoms with E-state index in [1.807, 2.05) is 6.92 Å². The molecule has 0 saturated carbocycles. The first-order valence-electron chi connectivity index (χ1n) is 7.04. The smallest absolute Gasteiger partial charge is 0.240 e. The lowest BCUT2D eigenvalue weighted by atomic mass is 10.2. The van der Waals surface area contributed by atoms with Gasteiger partial charge in [0, 0.05) is 18.2 Å². The summed E-state index contributed by atoms with van der Waals surface area (Å²) in [5.74, 6) is 0. The highest BCUT2D eigenvalue weighted by atomic mass is 32.2. The monoisotopic (exact) mass is 327 g/mol. The zero-order valence-corrected chi connectivity index (χ0v) is 13.7. The average Bonchev–Trinajstić information content (AvgIpc) is 2.99. The van der Waals surface area contributed by atoms with E-state index in [1.54, 1.807) is 18.2 Å². The van der Waals surface area contributed by atoms with Crippen molar-refractivity contribution in [3.63, 3.8) is 0 Å². The van der Waals surface area contributed by atoms with Crippen LogP contribution in [0.2, 0.25) is 0 Å². The number of sulfonamides is 1. The molecule has 3 N–H and O–H groups in total. The zero-order chi connectivity index (χ0) is 15.5. The van der Waals surface area contributed by atoms with Crippen LogP contribution in [0.15, 0.2) is 29.2 Å². The molecule has 1 atom stereocenters. The Kier molecular flexibility index (Phi) is 5.32.